The van der Waals surface area contributed by atoms with Crippen LogP contribution in [0.3, 0.4) is 0 Å². The van der Waals surface area contributed by atoms with E-state index in [1.165, 1.54) is 45.3 Å². The van der Waals surface area contributed by atoms with Crippen molar-refractivity contribution in [3.05, 3.63) is 49.6 Å². The van der Waals surface area contributed by atoms with Crippen LogP contribution < -0.4 is 19.7 Å². The third-order valence-corrected chi connectivity index (χ3v) is 22.2. The minimum atomic E-state index is -1.93. The number of halogens is 1. The number of rotatable bonds is 23. The number of allylic oxidation sites excluding steroid dienone is 2. The van der Waals surface area contributed by atoms with Crippen molar-refractivity contribution < 1.29 is 96.9 Å². The van der Waals surface area contributed by atoms with Crippen molar-refractivity contribution in [2.45, 2.75) is 182 Å². The molecule has 0 aromatic heterocycles. The van der Waals surface area contributed by atoms with E-state index in [-0.39, 0.29) is 59.7 Å². The van der Waals surface area contributed by atoms with Crippen molar-refractivity contribution in [3.8, 4) is 40.9 Å². The number of ether oxygens (including phenoxy) is 11. The van der Waals surface area contributed by atoms with Crippen molar-refractivity contribution in [3.63, 3.8) is 0 Å². The molecule has 466 valence electrons. The summed E-state index contributed by atoms with van der Waals surface area (Å²) in [5.41, 5.74) is 2.45. The molecule has 19 atom stereocenters. The van der Waals surface area contributed by atoms with Gasteiger partial charge in [0.15, 0.2) is 35.5 Å². The van der Waals surface area contributed by atoms with E-state index in [0.717, 1.165) is 24.6 Å². The number of fused-ring (bicyclic) bond motifs is 2. The third kappa shape index (κ3) is 15.8. The zero-order chi connectivity index (χ0) is 61.2. The number of carbonyl (C=O) groups is 3. The monoisotopic (exact) mass is 1360 g/mol. The van der Waals surface area contributed by atoms with Crippen LogP contribution >= 0.6 is 65.8 Å². The van der Waals surface area contributed by atoms with Crippen LogP contribution in [0, 0.1) is 46.0 Å². The maximum Gasteiger partial charge on any atom is 0.310 e. The summed E-state index contributed by atoms with van der Waals surface area (Å²) in [6.45, 7) is 9.20. The van der Waals surface area contributed by atoms with Crippen LogP contribution in [0.4, 0.5) is 0 Å². The number of nitrogens with one attached hydrogen (secondary N) is 1. The molecule has 1 aromatic carbocycles. The van der Waals surface area contributed by atoms with E-state index in [1.807, 2.05) is 34.9 Å². The second kappa shape index (κ2) is 31.7. The summed E-state index contributed by atoms with van der Waals surface area (Å²) in [5.74, 6) is 10.8. The molecule has 0 amide bonds. The lowest BCUT2D eigenvalue weighted by Gasteiger charge is -2.47. The van der Waals surface area contributed by atoms with Crippen LogP contribution in [0.5, 0.6) is 17.2 Å². The Morgan fingerprint density at radius 1 is 0.905 bits per heavy atom. The van der Waals surface area contributed by atoms with E-state index >= 15 is 0 Å². The molecule has 4 heterocycles. The molecule has 4 aliphatic heterocycles. The molecule has 0 radical (unpaired) electrons. The zero-order valence-electron chi connectivity index (χ0n) is 48.9. The van der Waals surface area contributed by atoms with Crippen molar-refractivity contribution in [1.29, 1.82) is 0 Å². The normalized spacial score (nSPS) is 36.0. The Morgan fingerprint density at radius 3 is 2.31 bits per heavy atom. The number of thioether (sulfide) groups is 1. The first-order valence-corrected chi connectivity index (χ1v) is 33.7. The fourth-order valence-electron chi connectivity index (χ4n) is 11.5. The molecule has 21 nitrogen and oxygen atoms in total. The molecule has 4 saturated heterocycles. The van der Waals surface area contributed by atoms with Gasteiger partial charge in [-0.15, -0.1) is 0 Å². The molecule has 7 rings (SSSR count). The summed E-state index contributed by atoms with van der Waals surface area (Å²) in [6, 6.07) is -0.986. The zero-order valence-corrected chi connectivity index (χ0v) is 54.3. The highest BCUT2D eigenvalue weighted by atomic mass is 127. The number of aliphatic hydroxyl groups is 5. The minimum Gasteiger partial charge on any atom is -0.492 e. The fraction of sp³-hybridized carbons (Fsp3) is 0.672. The van der Waals surface area contributed by atoms with Crippen LogP contribution in [-0.4, -0.2) is 199 Å². The molecule has 17 unspecified atom stereocenters. The molecule has 1 aromatic rings. The quantitative estimate of drug-likeness (QED) is 0.0196. The minimum absolute atomic E-state index is 0.00259. The smallest absolute Gasteiger partial charge is 0.310 e. The van der Waals surface area contributed by atoms with Gasteiger partial charge in [0.1, 0.15) is 30.5 Å². The van der Waals surface area contributed by atoms with Gasteiger partial charge in [0.05, 0.1) is 97.8 Å². The maximum absolute atomic E-state index is 14.5. The highest BCUT2D eigenvalue weighted by molar-refractivity contribution is 14.1. The van der Waals surface area contributed by atoms with Crippen LogP contribution in [0.15, 0.2) is 34.9 Å². The second-order valence-electron chi connectivity index (χ2n) is 21.1. The number of Topliss-reactive ketones (excluding diaryl/α,β-unsaturated/α-hetero) is 1. The van der Waals surface area contributed by atoms with Gasteiger partial charge in [0.25, 0.3) is 0 Å². The standard InChI is InChI=1S/C58H78INO20S4/c1-12-17-33-27-74-41(25-38(33)69-6)78-50-39(22-32-18-15-13-14-16-20-58(68)26-37(62)34(23-40(63)70-7)44(32)35(58)19-21-82-84-81-11)75-29(3)46(48(50)65)60-80-42-24-36(61)55(31(5)76-42)83-56(67)43-28(2)45(59)52(54(73-10)51(43)71-8)79-57-49(66)53(72-9)47(64)30(4)77-57/h13-14,19,29-33,36,38-39,41-42,46-50,53,55,57,60-61,64-66,68H,12,17,21-27H2,1-11H3/b14-13-,35-19+/t29?,30?,31?,32-,33?,36?,38?,39?,41?,42?,46?,47?,48?,49?,50?,53?,55?,57?,58+/m1/s1. The van der Waals surface area contributed by atoms with E-state index in [4.69, 9.17) is 56.9 Å². The number of hydrogen-bond donors (Lipinski definition) is 6. The first-order valence-electron chi connectivity index (χ1n) is 27.7. The lowest BCUT2D eigenvalue weighted by atomic mass is 9.69. The van der Waals surface area contributed by atoms with Crippen molar-refractivity contribution in [2.75, 3.05) is 54.2 Å². The number of ketones is 1. The van der Waals surface area contributed by atoms with Crippen molar-refractivity contribution in [2.24, 2.45) is 11.8 Å². The van der Waals surface area contributed by atoms with Crippen LogP contribution in [0.1, 0.15) is 88.6 Å². The van der Waals surface area contributed by atoms with Gasteiger partial charge in [0, 0.05) is 50.2 Å². The topological polar surface area (TPSA) is 275 Å². The molecule has 6 N–H and O–H groups in total. The molecular formula is C58H78INO20S4. The Labute approximate surface area is 520 Å². The van der Waals surface area contributed by atoms with E-state index in [0.29, 0.717) is 39.1 Å². The van der Waals surface area contributed by atoms with E-state index in [2.05, 4.69) is 36.1 Å². The summed E-state index contributed by atoms with van der Waals surface area (Å²) in [5, 5.41) is 57.1. The third-order valence-electron chi connectivity index (χ3n) is 15.8. The Bertz CT molecular complexity index is 2700. The number of methoxy groups -OCH3 is 5. The van der Waals surface area contributed by atoms with Gasteiger partial charge in [-0.2, -0.15) is 5.48 Å². The highest BCUT2D eigenvalue weighted by Gasteiger charge is 2.51. The van der Waals surface area contributed by atoms with Gasteiger partial charge in [-0.05, 0) is 108 Å². The number of hydroxylamine groups is 1. The number of esters is 1. The molecule has 0 spiro atoms. The Balaban J connectivity index is 1.12. The highest BCUT2D eigenvalue weighted by Crippen LogP contribution is 2.50. The second-order valence-corrected chi connectivity index (χ2v) is 27.7. The fourth-order valence-corrected chi connectivity index (χ4v) is 15.7. The summed E-state index contributed by atoms with van der Waals surface area (Å²) in [7, 11) is 11.6. The van der Waals surface area contributed by atoms with Gasteiger partial charge in [0.2, 0.25) is 17.2 Å². The van der Waals surface area contributed by atoms with Crippen LogP contribution in [0.2, 0.25) is 0 Å². The molecular weight excluding hydrogens is 1290 g/mol. The first-order chi connectivity index (χ1) is 40.2. The molecule has 0 saturated carbocycles. The predicted molar refractivity (Wildman–Crippen MR) is 325 cm³/mol. The summed E-state index contributed by atoms with van der Waals surface area (Å²) in [6.07, 6.45) is -5.86. The molecule has 6 aliphatic rings. The lowest BCUT2D eigenvalue weighted by Crippen LogP contribution is -2.64. The summed E-state index contributed by atoms with van der Waals surface area (Å²) in [4.78, 5) is 47.9. The largest absolute Gasteiger partial charge is 0.492 e. The predicted octanol–water partition coefficient (Wildman–Crippen LogP) is 5.55. The van der Waals surface area contributed by atoms with Crippen molar-refractivity contribution in [1.82, 2.24) is 5.48 Å². The Morgan fingerprint density at radius 2 is 1.64 bits per heavy atom. The molecule has 84 heavy (non-hydrogen) atoms. The summed E-state index contributed by atoms with van der Waals surface area (Å²) < 4.78 is 66.7. The molecule has 4 fully saturated rings. The van der Waals surface area contributed by atoms with Gasteiger partial charge in [-0.1, -0.05) is 76.5 Å². The SMILES string of the molecule is CCCC1COC(OC2C(C[C@H]3C#C/C=C\C#C[C@]4(O)CC(=O)C(CC(=O)OC)=C3/C4=C\CSSSC)OC(C)C(NOC3CC(O)C(SC(=O)c4c(C)c(I)c(OC5OC(C)C(O)C(OC)C5O)c(OC)c4OC)C(C)O3)C2O)CC1OC. The maximum atomic E-state index is 14.5. The van der Waals surface area contributed by atoms with E-state index in [9.17, 15) is 39.9 Å². The van der Waals surface area contributed by atoms with E-state index in [1.54, 1.807) is 61.5 Å². The molecule has 2 aliphatic carbocycles. The van der Waals surface area contributed by atoms with Gasteiger partial charge in [-0.3, -0.25) is 19.2 Å². The number of hydrogen-bond acceptors (Lipinski definition) is 25. The van der Waals surface area contributed by atoms with E-state index < -0.39 is 126 Å². The van der Waals surface area contributed by atoms with Crippen LogP contribution in [-0.2, 0) is 52.3 Å². The Kier molecular flexibility index (Phi) is 26.0. The number of benzene rings is 1. The van der Waals surface area contributed by atoms with Gasteiger partial charge >= 0.3 is 5.97 Å². The average Bonchev–Trinajstić information content (AvgIpc) is 1.36. The Hall–Kier alpha value is -2.66. The van der Waals surface area contributed by atoms with Crippen molar-refractivity contribution >= 4 is 82.6 Å². The van der Waals surface area contributed by atoms with Gasteiger partial charge < -0.3 is 77.6 Å². The average molecular weight is 1360 g/mol. The number of carbonyl (C=O) groups excluding carboxylic acids is 3. The molecule has 2 bridgehead atoms. The first kappa shape index (κ1) is 68.8. The van der Waals surface area contributed by atoms with Gasteiger partial charge in [-0.25, -0.2) is 0 Å². The molecule has 26 heteroatoms. The summed E-state index contributed by atoms with van der Waals surface area (Å²) >= 11 is 2.86. The lowest BCUT2D eigenvalue weighted by molar-refractivity contribution is -0.297. The van der Waals surface area contributed by atoms with Crippen LogP contribution in [0.25, 0.3) is 0 Å². The number of aliphatic hydroxyl groups excluding tert-OH is 4.